The van der Waals surface area contributed by atoms with E-state index >= 15 is 0 Å². The van der Waals surface area contributed by atoms with Gasteiger partial charge >= 0.3 is 5.97 Å². The van der Waals surface area contributed by atoms with Gasteiger partial charge in [0.2, 0.25) is 0 Å². The molecule has 2 aromatic heterocycles. The molecular formula is C12H8N4O2S3. The van der Waals surface area contributed by atoms with Gasteiger partial charge in [-0.2, -0.15) is 0 Å². The molecule has 0 saturated carbocycles. The number of nitrogens with zero attached hydrogens (tertiary/aromatic N) is 4. The van der Waals surface area contributed by atoms with Crippen LogP contribution in [0, 0.1) is 0 Å². The minimum Gasteiger partial charge on any atom is -0.478 e. The normalized spacial score (nSPS) is 10.9. The molecule has 3 rings (SSSR count). The molecule has 0 unspecified atom stereocenters. The van der Waals surface area contributed by atoms with E-state index < -0.39 is 5.97 Å². The second-order valence-electron chi connectivity index (χ2n) is 3.86. The van der Waals surface area contributed by atoms with Crippen LogP contribution in [-0.2, 0) is 0 Å². The second-order valence-corrected chi connectivity index (χ2v) is 7.12. The van der Waals surface area contributed by atoms with Crippen molar-refractivity contribution in [3.63, 3.8) is 0 Å². The number of fused-ring (bicyclic) bond motifs is 1. The molecule has 1 aromatic carbocycles. The Hall–Kier alpha value is -1.71. The topological polar surface area (TPSA) is 88.9 Å². The first-order valence-corrected chi connectivity index (χ1v) is 8.56. The molecule has 2 heterocycles. The van der Waals surface area contributed by atoms with Crippen LogP contribution in [-0.4, -0.2) is 37.5 Å². The molecular weight excluding hydrogens is 328 g/mol. The highest BCUT2D eigenvalue weighted by atomic mass is 32.2. The standard InChI is InChI=1S/C12H8N4O2S3/c1-19-11-15-16-12(21-11)20-9-7-3-2-6(10(17)18)4-8(7)13-5-14-9/h2-5H,1H3,(H,17,18). The number of aromatic carboxylic acids is 1. The Balaban J connectivity index is 2.00. The number of rotatable bonds is 4. The minimum absolute atomic E-state index is 0.206. The van der Waals surface area contributed by atoms with Crippen LogP contribution in [0.25, 0.3) is 10.9 Å². The summed E-state index contributed by atoms with van der Waals surface area (Å²) in [4.78, 5) is 19.4. The lowest BCUT2D eigenvalue weighted by atomic mass is 10.1. The number of carboxylic acid groups (broad SMARTS) is 1. The maximum atomic E-state index is 11.0. The first kappa shape index (κ1) is 14.2. The van der Waals surface area contributed by atoms with Gasteiger partial charge in [-0.3, -0.25) is 0 Å². The highest BCUT2D eigenvalue weighted by Gasteiger charge is 2.12. The van der Waals surface area contributed by atoms with Crippen molar-refractivity contribution in [2.45, 2.75) is 13.7 Å². The zero-order valence-electron chi connectivity index (χ0n) is 10.7. The number of hydrogen-bond donors (Lipinski definition) is 1. The zero-order valence-corrected chi connectivity index (χ0v) is 13.1. The highest BCUT2D eigenvalue weighted by Crippen LogP contribution is 2.34. The van der Waals surface area contributed by atoms with Crippen LogP contribution in [0.2, 0.25) is 0 Å². The lowest BCUT2D eigenvalue weighted by Gasteiger charge is -2.03. The summed E-state index contributed by atoms with van der Waals surface area (Å²) >= 11 is 4.44. The van der Waals surface area contributed by atoms with Gasteiger partial charge in [0.15, 0.2) is 8.68 Å². The van der Waals surface area contributed by atoms with Crippen LogP contribution in [0.15, 0.2) is 38.2 Å². The summed E-state index contributed by atoms with van der Waals surface area (Å²) in [6.45, 7) is 0. The molecule has 0 spiro atoms. The van der Waals surface area contributed by atoms with Crippen molar-refractivity contribution in [1.82, 2.24) is 20.2 Å². The van der Waals surface area contributed by atoms with Gasteiger partial charge < -0.3 is 5.11 Å². The molecule has 0 saturated heterocycles. The molecule has 6 nitrogen and oxygen atoms in total. The fraction of sp³-hybridized carbons (Fsp3) is 0.0833. The minimum atomic E-state index is -0.974. The summed E-state index contributed by atoms with van der Waals surface area (Å²) in [5.41, 5.74) is 0.805. The molecule has 106 valence electrons. The predicted molar refractivity (Wildman–Crippen MR) is 82.3 cm³/mol. The smallest absolute Gasteiger partial charge is 0.335 e. The van der Waals surface area contributed by atoms with Crippen LogP contribution >= 0.6 is 34.9 Å². The number of carbonyl (C=O) groups is 1. The molecule has 0 bridgehead atoms. The Morgan fingerprint density at radius 3 is 2.76 bits per heavy atom. The van der Waals surface area contributed by atoms with E-state index in [-0.39, 0.29) is 5.56 Å². The third-order valence-electron chi connectivity index (χ3n) is 2.59. The fourth-order valence-corrected chi connectivity index (χ4v) is 4.08. The Labute approximate surface area is 132 Å². The van der Waals surface area contributed by atoms with Crippen molar-refractivity contribution in [1.29, 1.82) is 0 Å². The summed E-state index contributed by atoms with van der Waals surface area (Å²) in [6.07, 6.45) is 3.37. The van der Waals surface area contributed by atoms with Crippen molar-refractivity contribution in [3.8, 4) is 0 Å². The highest BCUT2D eigenvalue weighted by molar-refractivity contribution is 8.03. The quantitative estimate of drug-likeness (QED) is 0.574. The van der Waals surface area contributed by atoms with E-state index in [9.17, 15) is 4.79 Å². The van der Waals surface area contributed by atoms with Gasteiger partial charge in [0.1, 0.15) is 11.4 Å². The average Bonchev–Trinajstić information content (AvgIpc) is 2.94. The number of carboxylic acids is 1. The number of hydrogen-bond acceptors (Lipinski definition) is 8. The Morgan fingerprint density at radius 1 is 1.24 bits per heavy atom. The zero-order chi connectivity index (χ0) is 14.8. The molecule has 1 N–H and O–H groups in total. The van der Waals surface area contributed by atoms with E-state index in [0.29, 0.717) is 5.52 Å². The van der Waals surface area contributed by atoms with Crippen LogP contribution in [0.3, 0.4) is 0 Å². The second kappa shape index (κ2) is 5.96. The molecule has 21 heavy (non-hydrogen) atoms. The van der Waals surface area contributed by atoms with Gasteiger partial charge in [-0.05, 0) is 36.2 Å². The first-order chi connectivity index (χ1) is 10.2. The third-order valence-corrected chi connectivity index (χ3v) is 5.56. The van der Waals surface area contributed by atoms with Gasteiger partial charge in [0.05, 0.1) is 11.1 Å². The fourth-order valence-electron chi connectivity index (χ4n) is 1.65. The SMILES string of the molecule is CSc1nnc(Sc2ncnc3cc(C(=O)O)ccc23)s1. The molecule has 0 aliphatic heterocycles. The summed E-state index contributed by atoms with van der Waals surface area (Å²) in [5, 5.41) is 18.7. The van der Waals surface area contributed by atoms with Gasteiger partial charge in [-0.25, -0.2) is 14.8 Å². The van der Waals surface area contributed by atoms with Crippen molar-refractivity contribution >= 4 is 51.7 Å². The molecule has 0 atom stereocenters. The van der Waals surface area contributed by atoms with Crippen LogP contribution in [0.5, 0.6) is 0 Å². The largest absolute Gasteiger partial charge is 0.478 e. The maximum Gasteiger partial charge on any atom is 0.335 e. The number of aromatic nitrogens is 4. The van der Waals surface area contributed by atoms with Crippen molar-refractivity contribution in [3.05, 3.63) is 30.1 Å². The van der Waals surface area contributed by atoms with Gasteiger partial charge in [-0.1, -0.05) is 23.1 Å². The van der Waals surface area contributed by atoms with E-state index in [1.807, 2.05) is 6.26 Å². The summed E-state index contributed by atoms with van der Waals surface area (Å²) in [5.74, 6) is -0.974. The van der Waals surface area contributed by atoms with Crippen LogP contribution < -0.4 is 0 Å². The first-order valence-electron chi connectivity index (χ1n) is 5.71. The molecule has 0 aliphatic rings. The van der Waals surface area contributed by atoms with Gasteiger partial charge in [-0.15, -0.1) is 10.2 Å². The van der Waals surface area contributed by atoms with Gasteiger partial charge in [0.25, 0.3) is 0 Å². The van der Waals surface area contributed by atoms with Gasteiger partial charge in [0, 0.05) is 5.39 Å². The predicted octanol–water partition coefficient (Wildman–Crippen LogP) is 3.05. The monoisotopic (exact) mass is 336 g/mol. The molecule has 0 fully saturated rings. The van der Waals surface area contributed by atoms with Crippen molar-refractivity contribution in [2.24, 2.45) is 0 Å². The number of thioether (sulfide) groups is 1. The summed E-state index contributed by atoms with van der Waals surface area (Å²) in [7, 11) is 0. The van der Waals surface area contributed by atoms with Crippen molar-refractivity contribution < 1.29 is 9.90 Å². The van der Waals surface area contributed by atoms with Crippen molar-refractivity contribution in [2.75, 3.05) is 6.26 Å². The molecule has 0 amide bonds. The Bertz CT molecular complexity index is 821. The number of benzene rings is 1. The Morgan fingerprint density at radius 2 is 2.05 bits per heavy atom. The van der Waals surface area contributed by atoms with E-state index in [2.05, 4.69) is 20.2 Å². The molecule has 0 aliphatic carbocycles. The molecule has 9 heteroatoms. The lowest BCUT2D eigenvalue weighted by Crippen LogP contribution is -1.96. The van der Waals surface area contributed by atoms with E-state index in [0.717, 1.165) is 19.1 Å². The van der Waals surface area contributed by atoms with E-state index in [1.54, 1.807) is 23.9 Å². The summed E-state index contributed by atoms with van der Waals surface area (Å²) in [6, 6.07) is 4.81. The Kier molecular flexibility index (Phi) is 4.04. The maximum absolute atomic E-state index is 11.0. The molecule has 0 radical (unpaired) electrons. The molecule has 3 aromatic rings. The van der Waals surface area contributed by atoms with E-state index in [4.69, 9.17) is 5.11 Å². The third kappa shape index (κ3) is 2.99. The van der Waals surface area contributed by atoms with Crippen LogP contribution in [0.4, 0.5) is 0 Å². The summed E-state index contributed by atoms with van der Waals surface area (Å²) < 4.78 is 1.69. The average molecular weight is 336 g/mol. The van der Waals surface area contributed by atoms with Crippen LogP contribution in [0.1, 0.15) is 10.4 Å². The lowest BCUT2D eigenvalue weighted by molar-refractivity contribution is 0.0697. The van der Waals surface area contributed by atoms with E-state index in [1.165, 1.54) is 35.5 Å².